The molecule has 1 aromatic rings. The summed E-state index contributed by atoms with van der Waals surface area (Å²) in [5, 5.41) is 20.8. The molecule has 2 aliphatic heterocycles. The number of nitrogens with zero attached hydrogens (tertiary/aromatic N) is 1. The molecular weight excluding hydrogens is 542 g/mol. The van der Waals surface area contributed by atoms with Gasteiger partial charge in [0.25, 0.3) is 5.91 Å². The highest BCUT2D eigenvalue weighted by molar-refractivity contribution is 6.09. The zero-order chi connectivity index (χ0) is 30.2. The predicted octanol–water partition coefficient (Wildman–Crippen LogP) is -4.59. The molecule has 7 amide bonds. The number of carbonyl (C=O) groups excluding carboxylic acids is 7. The number of amides is 7. The Kier molecular flexibility index (Phi) is 10.00. The Bertz CT molecular complexity index is 1260. The van der Waals surface area contributed by atoms with Gasteiger partial charge in [-0.05, 0) is 5.56 Å². The van der Waals surface area contributed by atoms with Crippen molar-refractivity contribution < 1.29 is 47.9 Å². The summed E-state index contributed by atoms with van der Waals surface area (Å²) in [6.45, 7) is -2.10. The number of hydrogen-bond donors (Lipinski definition) is 7. The highest BCUT2D eigenvalue weighted by Crippen LogP contribution is 2.43. The van der Waals surface area contributed by atoms with Gasteiger partial charge < -0.3 is 37.4 Å². The summed E-state index contributed by atoms with van der Waals surface area (Å²) in [4.78, 5) is 96.6. The lowest BCUT2D eigenvalue weighted by molar-refractivity contribution is -0.652. The first-order valence-electron chi connectivity index (χ1n) is 12.5. The number of hydrogen-bond acceptors (Lipinski definition) is 9. The van der Waals surface area contributed by atoms with Gasteiger partial charge in [0, 0.05) is 6.42 Å². The normalized spacial score (nSPS) is 18.8. The molecule has 0 aromatic heterocycles. The van der Waals surface area contributed by atoms with E-state index >= 15 is 0 Å². The van der Waals surface area contributed by atoms with E-state index in [1.165, 1.54) is 0 Å². The molecule has 41 heavy (non-hydrogen) atoms. The lowest BCUT2D eigenvalue weighted by Gasteiger charge is -2.18. The number of primary amides is 1. The summed E-state index contributed by atoms with van der Waals surface area (Å²) >= 11 is 0. The highest BCUT2D eigenvalue weighted by atomic mass is 16.4. The Morgan fingerprint density at radius 2 is 1.49 bits per heavy atom. The Hall–Kier alpha value is -4.96. The van der Waals surface area contributed by atoms with Gasteiger partial charge in [0.05, 0.1) is 44.9 Å². The second kappa shape index (κ2) is 13.4. The van der Waals surface area contributed by atoms with E-state index < -0.39 is 96.1 Å². The molecule has 0 radical (unpaired) electrons. The Balaban J connectivity index is 1.50. The van der Waals surface area contributed by atoms with Crippen LogP contribution in [0, 0.1) is 0 Å². The SMILES string of the molecule is NC(=O)CNC(=O)[C@H](Cc1ccccc1)NC(=O)CNC(=O)CNC(=O)C1[C@@H](CNCC(=O)O)[N+]12C(=O)C=CC2=O. The minimum absolute atomic E-state index is 0.0946. The molecule has 0 bridgehead atoms. The Labute approximate surface area is 233 Å². The number of nitrogens with two attached hydrogens (primary N) is 1. The van der Waals surface area contributed by atoms with E-state index in [1.807, 2.05) is 0 Å². The molecule has 16 heteroatoms. The van der Waals surface area contributed by atoms with Crippen LogP contribution in [-0.2, 0) is 44.8 Å². The van der Waals surface area contributed by atoms with Crippen LogP contribution in [0.5, 0.6) is 0 Å². The number of aliphatic carboxylic acids is 1. The van der Waals surface area contributed by atoms with Crippen LogP contribution >= 0.6 is 0 Å². The van der Waals surface area contributed by atoms with Crippen molar-refractivity contribution in [3.05, 3.63) is 48.0 Å². The van der Waals surface area contributed by atoms with E-state index in [2.05, 4.69) is 26.6 Å². The predicted molar refractivity (Wildman–Crippen MR) is 138 cm³/mol. The molecule has 218 valence electrons. The number of carboxylic acid groups (broad SMARTS) is 1. The van der Waals surface area contributed by atoms with Crippen LogP contribution in [0.2, 0.25) is 0 Å². The molecule has 1 aromatic carbocycles. The molecule has 2 heterocycles. The smallest absolute Gasteiger partial charge is 0.347 e. The number of benzene rings is 1. The summed E-state index contributed by atoms with van der Waals surface area (Å²) in [5.41, 5.74) is 5.78. The van der Waals surface area contributed by atoms with Crippen LogP contribution in [0.1, 0.15) is 5.56 Å². The van der Waals surface area contributed by atoms with Crippen LogP contribution in [0.25, 0.3) is 0 Å². The maximum absolute atomic E-state index is 12.8. The fraction of sp³-hybridized carbons (Fsp3) is 0.360. The zero-order valence-corrected chi connectivity index (χ0v) is 21.8. The molecule has 3 atom stereocenters. The van der Waals surface area contributed by atoms with Crippen LogP contribution < -0.4 is 32.3 Å². The first kappa shape index (κ1) is 30.6. The monoisotopic (exact) mass is 572 g/mol. The first-order valence-corrected chi connectivity index (χ1v) is 12.5. The van der Waals surface area contributed by atoms with Gasteiger partial charge in [0.1, 0.15) is 6.04 Å². The fourth-order valence-electron chi connectivity index (χ4n) is 4.56. The van der Waals surface area contributed by atoms with Crippen molar-refractivity contribution >= 4 is 47.3 Å². The minimum Gasteiger partial charge on any atom is -0.480 e. The molecule has 8 N–H and O–H groups in total. The van der Waals surface area contributed by atoms with Gasteiger partial charge in [0.2, 0.25) is 29.7 Å². The van der Waals surface area contributed by atoms with E-state index in [-0.39, 0.29) is 13.0 Å². The van der Waals surface area contributed by atoms with Crippen molar-refractivity contribution in [1.29, 1.82) is 0 Å². The van der Waals surface area contributed by atoms with Crippen LogP contribution in [0.15, 0.2) is 42.5 Å². The molecular formula is C25H30N7O9+. The van der Waals surface area contributed by atoms with Gasteiger partial charge in [-0.1, -0.05) is 30.3 Å². The quantitative estimate of drug-likeness (QED) is 0.0602. The molecule has 2 aliphatic rings. The number of carboxylic acids is 1. The zero-order valence-electron chi connectivity index (χ0n) is 21.8. The topological polar surface area (TPSA) is 243 Å². The maximum Gasteiger partial charge on any atom is 0.347 e. The second-order valence-electron chi connectivity index (χ2n) is 9.31. The van der Waals surface area contributed by atoms with E-state index in [0.29, 0.717) is 0 Å². The van der Waals surface area contributed by atoms with Crippen molar-refractivity contribution in [3.8, 4) is 0 Å². The van der Waals surface area contributed by atoms with Crippen molar-refractivity contribution in [3.63, 3.8) is 0 Å². The summed E-state index contributed by atoms with van der Waals surface area (Å²) in [6.07, 6.45) is 2.19. The number of rotatable bonds is 15. The highest BCUT2D eigenvalue weighted by Gasteiger charge is 2.79. The van der Waals surface area contributed by atoms with Crippen LogP contribution in [-0.4, -0.2) is 108 Å². The third-order valence-corrected chi connectivity index (χ3v) is 6.47. The molecule has 0 aliphatic carbocycles. The largest absolute Gasteiger partial charge is 0.480 e. The van der Waals surface area contributed by atoms with Crippen LogP contribution in [0.4, 0.5) is 0 Å². The van der Waals surface area contributed by atoms with Crippen molar-refractivity contribution in [2.45, 2.75) is 24.5 Å². The number of imide groups is 1. The van der Waals surface area contributed by atoms with Gasteiger partial charge in [-0.3, -0.25) is 28.8 Å². The van der Waals surface area contributed by atoms with Gasteiger partial charge in [-0.25, -0.2) is 9.59 Å². The van der Waals surface area contributed by atoms with E-state index in [9.17, 15) is 38.4 Å². The molecule has 1 saturated heterocycles. The summed E-state index contributed by atoms with van der Waals surface area (Å²) in [5.74, 6) is -6.10. The van der Waals surface area contributed by atoms with Gasteiger partial charge >= 0.3 is 17.8 Å². The lowest BCUT2D eigenvalue weighted by atomic mass is 10.1. The van der Waals surface area contributed by atoms with Crippen molar-refractivity contribution in [2.24, 2.45) is 5.73 Å². The van der Waals surface area contributed by atoms with Crippen LogP contribution in [0.3, 0.4) is 0 Å². The molecule has 1 fully saturated rings. The van der Waals surface area contributed by atoms with E-state index in [0.717, 1.165) is 17.7 Å². The van der Waals surface area contributed by atoms with E-state index in [1.54, 1.807) is 30.3 Å². The molecule has 1 spiro atoms. The number of carbonyl (C=O) groups is 8. The Morgan fingerprint density at radius 1 is 0.854 bits per heavy atom. The lowest BCUT2D eigenvalue weighted by Crippen LogP contribution is -2.52. The summed E-state index contributed by atoms with van der Waals surface area (Å²) in [7, 11) is 0. The Morgan fingerprint density at radius 3 is 2.10 bits per heavy atom. The molecule has 0 saturated carbocycles. The van der Waals surface area contributed by atoms with Crippen molar-refractivity contribution in [2.75, 3.05) is 32.7 Å². The van der Waals surface area contributed by atoms with Gasteiger partial charge in [0.15, 0.2) is 6.04 Å². The number of quaternary nitrogens is 1. The summed E-state index contributed by atoms with van der Waals surface area (Å²) in [6, 6.07) is 5.67. The van der Waals surface area contributed by atoms with E-state index in [4.69, 9.17) is 10.8 Å². The maximum atomic E-state index is 12.8. The third kappa shape index (κ3) is 7.58. The molecule has 3 rings (SSSR count). The average Bonchev–Trinajstić information content (AvgIpc) is 3.52. The average molecular weight is 573 g/mol. The van der Waals surface area contributed by atoms with Gasteiger partial charge in [-0.15, -0.1) is 0 Å². The first-order chi connectivity index (χ1) is 19.5. The summed E-state index contributed by atoms with van der Waals surface area (Å²) < 4.78 is -0.816. The standard InChI is InChI=1S/C25H29N7O9/c26-17(33)10-29-24(40)15(8-14-4-2-1-3-5-14)31-19(35)12-28-18(34)11-30-25(41)23-16(9-27-13-22(38)39)32(23)20(36)6-7-21(32)37/h1-7,15-16,23,27H,8-13H2,(H6-,26,28,29,30,31,33,34,35,38,39,40,41)/p+1/t15-,16+,23?/m0/s1. The van der Waals surface area contributed by atoms with Gasteiger partial charge in [-0.2, -0.15) is 4.48 Å². The third-order valence-electron chi connectivity index (χ3n) is 6.47. The minimum atomic E-state index is -1.16. The fourth-order valence-corrected chi connectivity index (χ4v) is 4.56. The van der Waals surface area contributed by atoms with Crippen molar-refractivity contribution in [1.82, 2.24) is 26.6 Å². The molecule has 1 unspecified atom stereocenters. The molecule has 16 nitrogen and oxygen atoms in total. The number of nitrogens with one attached hydrogen (secondary N) is 5. The second-order valence-corrected chi connectivity index (χ2v) is 9.31.